The molecule has 4 rings (SSSR count). The minimum atomic E-state index is -1.05. The molecule has 3 N–H and O–H groups in total. The SMILES string of the molecule is COc1cccc(C(O)N2C[C@H](O)CC2(C)C(=O)NCc2ccc(-c3scnc3C)cc2)c1. The van der Waals surface area contributed by atoms with Crippen molar-refractivity contribution in [3.63, 3.8) is 0 Å². The van der Waals surface area contributed by atoms with Gasteiger partial charge in [-0.05, 0) is 42.7 Å². The zero-order valence-electron chi connectivity index (χ0n) is 19.0. The molecule has 1 aromatic heterocycles. The number of thiazole rings is 1. The molecule has 1 aliphatic heterocycles. The fourth-order valence-electron chi connectivity index (χ4n) is 4.37. The van der Waals surface area contributed by atoms with Gasteiger partial charge in [0, 0.05) is 19.5 Å². The molecule has 174 valence electrons. The number of rotatable bonds is 7. The van der Waals surface area contributed by atoms with Gasteiger partial charge in [0.1, 0.15) is 17.5 Å². The molecule has 0 bridgehead atoms. The number of benzene rings is 2. The van der Waals surface area contributed by atoms with Crippen LogP contribution < -0.4 is 10.1 Å². The second-order valence-corrected chi connectivity index (χ2v) is 9.44. The molecule has 8 heteroatoms. The molecule has 2 aromatic carbocycles. The summed E-state index contributed by atoms with van der Waals surface area (Å²) in [5.74, 6) is 0.387. The number of aliphatic hydroxyl groups is 2. The number of hydrogen-bond donors (Lipinski definition) is 3. The number of carbonyl (C=O) groups is 1. The average Bonchev–Trinajstić information content (AvgIpc) is 3.39. The predicted molar refractivity (Wildman–Crippen MR) is 128 cm³/mol. The number of nitrogens with zero attached hydrogens (tertiary/aromatic N) is 2. The van der Waals surface area contributed by atoms with Crippen molar-refractivity contribution in [2.24, 2.45) is 0 Å². The van der Waals surface area contributed by atoms with E-state index in [1.807, 2.05) is 36.7 Å². The molecule has 0 radical (unpaired) electrons. The smallest absolute Gasteiger partial charge is 0.240 e. The maximum absolute atomic E-state index is 13.2. The van der Waals surface area contributed by atoms with Gasteiger partial charge in [0.05, 0.1) is 29.3 Å². The molecule has 1 aliphatic rings. The Labute approximate surface area is 197 Å². The van der Waals surface area contributed by atoms with E-state index in [4.69, 9.17) is 4.74 Å². The van der Waals surface area contributed by atoms with Crippen molar-refractivity contribution < 1.29 is 19.7 Å². The molecule has 0 saturated carbocycles. The first-order valence-electron chi connectivity index (χ1n) is 10.9. The molecule has 3 aromatic rings. The molecule has 0 aliphatic carbocycles. The maximum atomic E-state index is 13.2. The molecular weight excluding hydrogens is 438 g/mol. The summed E-state index contributed by atoms with van der Waals surface area (Å²) in [5.41, 5.74) is 4.46. The molecule has 3 atom stereocenters. The van der Waals surface area contributed by atoms with Crippen molar-refractivity contribution in [1.29, 1.82) is 0 Å². The highest BCUT2D eigenvalue weighted by atomic mass is 32.1. The zero-order valence-corrected chi connectivity index (χ0v) is 19.8. The van der Waals surface area contributed by atoms with E-state index in [9.17, 15) is 15.0 Å². The lowest BCUT2D eigenvalue weighted by atomic mass is 9.95. The van der Waals surface area contributed by atoms with Crippen LogP contribution >= 0.6 is 11.3 Å². The van der Waals surface area contributed by atoms with Gasteiger partial charge in [-0.15, -0.1) is 11.3 Å². The lowest BCUT2D eigenvalue weighted by Crippen LogP contribution is -2.54. The number of ether oxygens (including phenoxy) is 1. The molecular formula is C25H29N3O4S. The number of aliphatic hydroxyl groups excluding tert-OH is 2. The molecule has 2 heterocycles. The summed E-state index contributed by atoms with van der Waals surface area (Å²) in [7, 11) is 1.56. The van der Waals surface area contributed by atoms with E-state index < -0.39 is 17.9 Å². The highest BCUT2D eigenvalue weighted by Gasteiger charge is 2.49. The summed E-state index contributed by atoms with van der Waals surface area (Å²) in [6.45, 7) is 4.31. The first kappa shape index (κ1) is 23.4. The van der Waals surface area contributed by atoms with Crippen LogP contribution in [0.3, 0.4) is 0 Å². The molecule has 1 amide bonds. The third kappa shape index (κ3) is 4.79. The van der Waals surface area contributed by atoms with Gasteiger partial charge in [-0.25, -0.2) is 4.98 Å². The van der Waals surface area contributed by atoms with Gasteiger partial charge in [-0.1, -0.05) is 36.4 Å². The van der Waals surface area contributed by atoms with Crippen LogP contribution in [-0.2, 0) is 11.3 Å². The Morgan fingerprint density at radius 2 is 2.09 bits per heavy atom. The lowest BCUT2D eigenvalue weighted by Gasteiger charge is -2.37. The number of amides is 1. The van der Waals surface area contributed by atoms with Crippen LogP contribution in [0.25, 0.3) is 10.4 Å². The molecule has 33 heavy (non-hydrogen) atoms. The van der Waals surface area contributed by atoms with Gasteiger partial charge >= 0.3 is 0 Å². The first-order valence-corrected chi connectivity index (χ1v) is 11.7. The Morgan fingerprint density at radius 1 is 1.33 bits per heavy atom. The van der Waals surface area contributed by atoms with Gasteiger partial charge in [0.15, 0.2) is 0 Å². The van der Waals surface area contributed by atoms with Crippen LogP contribution in [0, 0.1) is 6.92 Å². The highest BCUT2D eigenvalue weighted by molar-refractivity contribution is 7.13. The molecule has 0 spiro atoms. The van der Waals surface area contributed by atoms with Gasteiger partial charge in [0.2, 0.25) is 5.91 Å². The third-order valence-electron chi connectivity index (χ3n) is 6.27. The predicted octanol–water partition coefficient (Wildman–Crippen LogP) is 3.26. The van der Waals surface area contributed by atoms with Crippen molar-refractivity contribution in [2.45, 2.75) is 44.7 Å². The average molecular weight is 468 g/mol. The maximum Gasteiger partial charge on any atom is 0.240 e. The van der Waals surface area contributed by atoms with Crippen LogP contribution in [0.15, 0.2) is 54.0 Å². The Hall–Kier alpha value is -2.78. The molecule has 1 fully saturated rings. The van der Waals surface area contributed by atoms with Gasteiger partial charge in [-0.2, -0.15) is 0 Å². The number of aryl methyl sites for hydroxylation is 1. The molecule has 2 unspecified atom stereocenters. The molecule has 1 saturated heterocycles. The Balaban J connectivity index is 1.46. The fourth-order valence-corrected chi connectivity index (χ4v) is 5.18. The van der Waals surface area contributed by atoms with Crippen LogP contribution in [0.1, 0.15) is 36.4 Å². The number of hydrogen-bond acceptors (Lipinski definition) is 7. The van der Waals surface area contributed by atoms with Crippen LogP contribution in [0.2, 0.25) is 0 Å². The third-order valence-corrected chi connectivity index (χ3v) is 7.24. The van der Waals surface area contributed by atoms with Crippen molar-refractivity contribution in [3.8, 4) is 16.2 Å². The largest absolute Gasteiger partial charge is 0.497 e. The minimum Gasteiger partial charge on any atom is -0.497 e. The number of methoxy groups -OCH3 is 1. The van der Waals surface area contributed by atoms with Gasteiger partial charge < -0.3 is 20.3 Å². The highest BCUT2D eigenvalue weighted by Crippen LogP contribution is 2.37. The zero-order chi connectivity index (χ0) is 23.6. The van der Waals surface area contributed by atoms with Crippen LogP contribution in [0.4, 0.5) is 0 Å². The van der Waals surface area contributed by atoms with Crippen LogP contribution in [0.5, 0.6) is 5.75 Å². The van der Waals surface area contributed by atoms with E-state index in [2.05, 4.69) is 10.3 Å². The number of β-amino-alcohol motifs (C(OH)–C–C–N with tert-alkyl or cyclic N) is 1. The van der Waals surface area contributed by atoms with Crippen molar-refractivity contribution in [1.82, 2.24) is 15.2 Å². The fraction of sp³-hybridized carbons (Fsp3) is 0.360. The summed E-state index contributed by atoms with van der Waals surface area (Å²) >= 11 is 1.60. The summed E-state index contributed by atoms with van der Waals surface area (Å²) in [5, 5.41) is 24.4. The van der Waals surface area contributed by atoms with Crippen LogP contribution in [-0.4, -0.2) is 51.3 Å². The van der Waals surface area contributed by atoms with Crippen molar-refractivity contribution in [3.05, 3.63) is 70.9 Å². The standard InChI is InChI=1S/C25H29N3O4S/c1-16-22(33-15-27-16)18-9-7-17(8-10-18)13-26-24(31)25(2)12-20(29)14-28(25)23(30)19-5-4-6-21(11-19)32-3/h4-11,15,20,23,29-30H,12-14H2,1-3H3,(H,26,31)/t20-,23?,25?/m1/s1. The summed E-state index contributed by atoms with van der Waals surface area (Å²) in [6.07, 6.45) is -1.51. The number of aromatic nitrogens is 1. The van der Waals surface area contributed by atoms with Crippen molar-refractivity contribution in [2.75, 3.05) is 13.7 Å². The van der Waals surface area contributed by atoms with Crippen molar-refractivity contribution >= 4 is 17.2 Å². The summed E-state index contributed by atoms with van der Waals surface area (Å²) in [6, 6.07) is 15.1. The number of carbonyl (C=O) groups excluding carboxylic acids is 1. The van der Waals surface area contributed by atoms with Gasteiger partial charge in [-0.3, -0.25) is 9.69 Å². The monoisotopic (exact) mass is 467 g/mol. The quantitative estimate of drug-likeness (QED) is 0.494. The Kier molecular flexibility index (Phi) is 6.81. The van der Waals surface area contributed by atoms with E-state index >= 15 is 0 Å². The lowest BCUT2D eigenvalue weighted by molar-refractivity contribution is -0.138. The Bertz CT molecular complexity index is 1120. The second kappa shape index (κ2) is 9.61. The molecule has 7 nitrogen and oxygen atoms in total. The van der Waals surface area contributed by atoms with E-state index in [0.717, 1.165) is 21.7 Å². The second-order valence-electron chi connectivity index (χ2n) is 8.58. The topological polar surface area (TPSA) is 94.9 Å². The Morgan fingerprint density at radius 3 is 2.76 bits per heavy atom. The summed E-state index contributed by atoms with van der Waals surface area (Å²) in [4.78, 5) is 20.3. The van der Waals surface area contributed by atoms with E-state index in [1.54, 1.807) is 54.5 Å². The van der Waals surface area contributed by atoms with Gasteiger partial charge in [0.25, 0.3) is 0 Å². The first-order chi connectivity index (χ1) is 15.8. The van der Waals surface area contributed by atoms with E-state index in [0.29, 0.717) is 17.9 Å². The number of nitrogens with one attached hydrogen (secondary N) is 1. The summed E-state index contributed by atoms with van der Waals surface area (Å²) < 4.78 is 5.25. The minimum absolute atomic E-state index is 0.200. The number of likely N-dealkylation sites (tertiary alicyclic amines) is 1. The normalized spacial score (nSPS) is 21.7. The van der Waals surface area contributed by atoms with E-state index in [-0.39, 0.29) is 18.9 Å². The van der Waals surface area contributed by atoms with E-state index in [1.165, 1.54) is 0 Å².